The maximum absolute atomic E-state index is 5.74. The summed E-state index contributed by atoms with van der Waals surface area (Å²) in [7, 11) is 4.26. The Labute approximate surface area is 81.3 Å². The van der Waals surface area contributed by atoms with Gasteiger partial charge in [0.1, 0.15) is 0 Å². The van der Waals surface area contributed by atoms with Crippen LogP contribution in [-0.2, 0) is 0 Å². The van der Waals surface area contributed by atoms with Crippen molar-refractivity contribution in [2.75, 3.05) is 14.1 Å². The molecule has 0 bridgehead atoms. The molecule has 0 aromatic rings. The third kappa shape index (κ3) is 4.16. The fourth-order valence-electron chi connectivity index (χ4n) is 1.46. The summed E-state index contributed by atoms with van der Waals surface area (Å²) < 4.78 is 0. The second-order valence-corrected chi connectivity index (χ2v) is 3.19. The van der Waals surface area contributed by atoms with Crippen LogP contribution < -0.4 is 5.73 Å². The van der Waals surface area contributed by atoms with Gasteiger partial charge in [0.2, 0.25) is 0 Å². The van der Waals surface area contributed by atoms with E-state index in [0.717, 1.165) is 6.04 Å². The Bertz CT molecular complexity index is 98.4. The predicted molar refractivity (Wildman–Crippen MR) is 53.8 cm³/mol. The van der Waals surface area contributed by atoms with E-state index in [2.05, 4.69) is 19.0 Å². The minimum absolute atomic E-state index is 0. The van der Waals surface area contributed by atoms with E-state index in [0.29, 0.717) is 6.04 Å². The molecule has 0 unspecified atom stereocenters. The molecule has 0 aliphatic heterocycles. The van der Waals surface area contributed by atoms with E-state index in [1.54, 1.807) is 0 Å². The fraction of sp³-hybridized carbons (Fsp3) is 1.00. The van der Waals surface area contributed by atoms with Crippen molar-refractivity contribution in [1.82, 2.24) is 4.90 Å². The third-order valence-corrected chi connectivity index (χ3v) is 2.18. The molecule has 2 N–H and O–H groups in total. The quantitative estimate of drug-likeness (QED) is 0.692. The molecule has 11 heavy (non-hydrogen) atoms. The van der Waals surface area contributed by atoms with Crippen LogP contribution in [0.4, 0.5) is 0 Å². The summed E-state index contributed by atoms with van der Waals surface area (Å²) in [6, 6.07) is 1.22. The van der Waals surface area contributed by atoms with Crippen LogP contribution in [0, 0.1) is 0 Å². The largest absolute Gasteiger partial charge is 0.328 e. The molecular formula is C7H18Cl2N2. The minimum atomic E-state index is 0. The summed E-state index contributed by atoms with van der Waals surface area (Å²) in [5.41, 5.74) is 5.74. The van der Waals surface area contributed by atoms with Crippen LogP contribution in [0.2, 0.25) is 0 Å². The second-order valence-electron chi connectivity index (χ2n) is 3.19. The van der Waals surface area contributed by atoms with Gasteiger partial charge in [-0.2, -0.15) is 0 Å². The van der Waals surface area contributed by atoms with Crippen LogP contribution in [-0.4, -0.2) is 31.1 Å². The van der Waals surface area contributed by atoms with Gasteiger partial charge < -0.3 is 10.6 Å². The molecule has 0 aromatic heterocycles. The van der Waals surface area contributed by atoms with Gasteiger partial charge >= 0.3 is 0 Å². The Morgan fingerprint density at radius 2 is 1.73 bits per heavy atom. The van der Waals surface area contributed by atoms with Gasteiger partial charge in [-0.1, -0.05) is 0 Å². The SMILES string of the molecule is CN(C)[C@@H]1CC[C@@H](N)C1.Cl.Cl. The molecule has 2 nitrogen and oxygen atoms in total. The molecule has 70 valence electrons. The van der Waals surface area contributed by atoms with Crippen LogP contribution in [0.5, 0.6) is 0 Å². The highest BCUT2D eigenvalue weighted by atomic mass is 35.5. The van der Waals surface area contributed by atoms with Crippen molar-refractivity contribution in [3.05, 3.63) is 0 Å². The van der Waals surface area contributed by atoms with E-state index in [9.17, 15) is 0 Å². The van der Waals surface area contributed by atoms with E-state index < -0.39 is 0 Å². The molecule has 1 fully saturated rings. The van der Waals surface area contributed by atoms with E-state index in [1.165, 1.54) is 19.3 Å². The normalized spacial score (nSPS) is 29.5. The molecule has 1 saturated carbocycles. The van der Waals surface area contributed by atoms with Crippen molar-refractivity contribution in [3.8, 4) is 0 Å². The van der Waals surface area contributed by atoms with Gasteiger partial charge in [0, 0.05) is 12.1 Å². The van der Waals surface area contributed by atoms with Gasteiger partial charge in [0.15, 0.2) is 0 Å². The van der Waals surface area contributed by atoms with Crippen molar-refractivity contribution in [2.24, 2.45) is 5.73 Å². The number of nitrogens with two attached hydrogens (primary N) is 1. The Morgan fingerprint density at radius 1 is 1.18 bits per heavy atom. The first-order chi connectivity index (χ1) is 4.20. The second kappa shape index (κ2) is 6.06. The number of rotatable bonds is 1. The maximum atomic E-state index is 5.74. The Hall–Kier alpha value is 0.500. The first-order valence-corrected chi connectivity index (χ1v) is 3.62. The lowest BCUT2D eigenvalue weighted by atomic mass is 10.2. The van der Waals surface area contributed by atoms with Crippen LogP contribution >= 0.6 is 24.8 Å². The molecule has 0 aromatic carbocycles. The maximum Gasteiger partial charge on any atom is 0.0104 e. The molecule has 2 atom stereocenters. The summed E-state index contributed by atoms with van der Waals surface area (Å²) in [6.07, 6.45) is 3.68. The fourth-order valence-corrected chi connectivity index (χ4v) is 1.46. The Balaban J connectivity index is 0. The zero-order valence-electron chi connectivity index (χ0n) is 7.12. The molecular weight excluding hydrogens is 183 g/mol. The third-order valence-electron chi connectivity index (χ3n) is 2.18. The highest BCUT2D eigenvalue weighted by molar-refractivity contribution is 5.85. The lowest BCUT2D eigenvalue weighted by Crippen LogP contribution is -2.27. The van der Waals surface area contributed by atoms with Crippen molar-refractivity contribution in [1.29, 1.82) is 0 Å². The Kier molecular flexibility index (Phi) is 7.75. The molecule has 0 saturated heterocycles. The van der Waals surface area contributed by atoms with Gasteiger partial charge in [-0.05, 0) is 33.4 Å². The highest BCUT2D eigenvalue weighted by Gasteiger charge is 2.22. The Morgan fingerprint density at radius 3 is 1.91 bits per heavy atom. The van der Waals surface area contributed by atoms with Crippen molar-refractivity contribution in [3.63, 3.8) is 0 Å². The van der Waals surface area contributed by atoms with Crippen molar-refractivity contribution < 1.29 is 0 Å². The number of hydrogen-bond acceptors (Lipinski definition) is 2. The van der Waals surface area contributed by atoms with Gasteiger partial charge in [-0.15, -0.1) is 24.8 Å². The van der Waals surface area contributed by atoms with Crippen LogP contribution in [0.3, 0.4) is 0 Å². The molecule has 1 aliphatic carbocycles. The van der Waals surface area contributed by atoms with Gasteiger partial charge in [0.25, 0.3) is 0 Å². The highest BCUT2D eigenvalue weighted by Crippen LogP contribution is 2.20. The first-order valence-electron chi connectivity index (χ1n) is 3.62. The average molecular weight is 201 g/mol. The average Bonchev–Trinajstić information content (AvgIpc) is 2.14. The molecule has 0 spiro atoms. The number of hydrogen-bond donors (Lipinski definition) is 1. The summed E-state index contributed by atoms with van der Waals surface area (Å²) in [4.78, 5) is 2.27. The molecule has 1 rings (SSSR count). The lowest BCUT2D eigenvalue weighted by molar-refractivity contribution is 0.297. The number of halogens is 2. The summed E-state index contributed by atoms with van der Waals surface area (Å²) in [5.74, 6) is 0. The van der Waals surface area contributed by atoms with E-state index in [-0.39, 0.29) is 24.8 Å². The lowest BCUT2D eigenvalue weighted by Gasteiger charge is -2.17. The van der Waals surface area contributed by atoms with Crippen LogP contribution in [0.15, 0.2) is 0 Å². The monoisotopic (exact) mass is 200 g/mol. The summed E-state index contributed by atoms with van der Waals surface area (Å²) in [5, 5.41) is 0. The topological polar surface area (TPSA) is 29.3 Å². The summed E-state index contributed by atoms with van der Waals surface area (Å²) in [6.45, 7) is 0. The smallest absolute Gasteiger partial charge is 0.0104 e. The summed E-state index contributed by atoms with van der Waals surface area (Å²) >= 11 is 0. The molecule has 1 aliphatic rings. The van der Waals surface area contributed by atoms with Gasteiger partial charge in [-0.25, -0.2) is 0 Å². The van der Waals surface area contributed by atoms with Crippen LogP contribution in [0.1, 0.15) is 19.3 Å². The predicted octanol–water partition coefficient (Wildman–Crippen LogP) is 1.27. The number of nitrogens with zero attached hydrogens (tertiary/aromatic N) is 1. The molecule has 0 heterocycles. The van der Waals surface area contributed by atoms with E-state index >= 15 is 0 Å². The van der Waals surface area contributed by atoms with E-state index in [4.69, 9.17) is 5.73 Å². The molecule has 0 amide bonds. The van der Waals surface area contributed by atoms with Crippen LogP contribution in [0.25, 0.3) is 0 Å². The zero-order valence-corrected chi connectivity index (χ0v) is 8.75. The van der Waals surface area contributed by atoms with Crippen molar-refractivity contribution in [2.45, 2.75) is 31.3 Å². The zero-order chi connectivity index (χ0) is 6.85. The first kappa shape index (κ1) is 14.0. The van der Waals surface area contributed by atoms with Gasteiger partial charge in [0.05, 0.1) is 0 Å². The van der Waals surface area contributed by atoms with E-state index in [1.807, 2.05) is 0 Å². The standard InChI is InChI=1S/C7H16N2.2ClH/c1-9(2)7-4-3-6(8)5-7;;/h6-7H,3-5,8H2,1-2H3;2*1H/t6-,7-;;/m1../s1. The molecule has 0 radical (unpaired) electrons. The van der Waals surface area contributed by atoms with Gasteiger partial charge in [-0.3, -0.25) is 0 Å². The molecule has 4 heteroatoms. The van der Waals surface area contributed by atoms with Crippen molar-refractivity contribution >= 4 is 24.8 Å². The minimum Gasteiger partial charge on any atom is -0.328 e.